The third-order valence-electron chi connectivity index (χ3n) is 0.798. The van der Waals surface area contributed by atoms with Crippen molar-refractivity contribution in [3.05, 3.63) is 0 Å². The van der Waals surface area contributed by atoms with Crippen molar-refractivity contribution in [3.63, 3.8) is 0 Å². The summed E-state index contributed by atoms with van der Waals surface area (Å²) >= 11 is 0. The molecule has 0 spiro atoms. The van der Waals surface area contributed by atoms with Crippen molar-refractivity contribution in [2.45, 2.75) is 0 Å². The van der Waals surface area contributed by atoms with Gasteiger partial charge in [0.2, 0.25) is 0 Å². The lowest BCUT2D eigenvalue weighted by atomic mass is 10.7. The summed E-state index contributed by atoms with van der Waals surface area (Å²) < 4.78 is 0. The van der Waals surface area contributed by atoms with Crippen LogP contribution in [0.2, 0.25) is 0 Å². The molecule has 10 heavy (non-hydrogen) atoms. The minimum Gasteiger partial charge on any atom is -0.351 e. The number of urea groups is 2. The zero-order chi connectivity index (χ0) is 8.15. The van der Waals surface area contributed by atoms with Crippen LogP contribution in [0.5, 0.6) is 0 Å². The second-order valence-electron chi connectivity index (χ2n) is 1.44. The first-order chi connectivity index (χ1) is 4.59. The molecule has 0 aromatic heterocycles. The summed E-state index contributed by atoms with van der Waals surface area (Å²) in [6.45, 7) is 0. The molecule has 0 fully saturated rings. The quantitative estimate of drug-likeness (QED) is 0.341. The van der Waals surface area contributed by atoms with Crippen molar-refractivity contribution in [1.29, 1.82) is 5.26 Å². The van der Waals surface area contributed by atoms with E-state index in [-0.39, 0.29) is 0 Å². The van der Waals surface area contributed by atoms with Crippen LogP contribution < -0.4 is 11.1 Å². The normalized spacial score (nSPS) is 7.60. The second-order valence-corrected chi connectivity index (χ2v) is 1.44. The van der Waals surface area contributed by atoms with Gasteiger partial charge in [-0.1, -0.05) is 0 Å². The third-order valence-corrected chi connectivity index (χ3v) is 0.798. The molecule has 0 rings (SSSR count). The van der Waals surface area contributed by atoms with Gasteiger partial charge in [0, 0.05) is 7.05 Å². The summed E-state index contributed by atoms with van der Waals surface area (Å²) in [4.78, 5) is 21.3. The van der Waals surface area contributed by atoms with Gasteiger partial charge in [-0.25, -0.2) is 19.8 Å². The zero-order valence-electron chi connectivity index (χ0n) is 5.29. The van der Waals surface area contributed by atoms with Gasteiger partial charge in [0.25, 0.3) is 0 Å². The maximum absolute atomic E-state index is 10.5. The van der Waals surface area contributed by atoms with Gasteiger partial charge in [-0.05, 0) is 0 Å². The molecule has 0 radical (unpaired) electrons. The van der Waals surface area contributed by atoms with Crippen molar-refractivity contribution in [3.8, 4) is 6.19 Å². The van der Waals surface area contributed by atoms with Crippen LogP contribution in [0.3, 0.4) is 0 Å². The highest BCUT2D eigenvalue weighted by molar-refractivity contribution is 5.92. The zero-order valence-corrected chi connectivity index (χ0v) is 5.29. The number of rotatable bonds is 0. The Labute approximate surface area is 57.2 Å². The summed E-state index contributed by atoms with van der Waals surface area (Å²) in [6.07, 6.45) is 1.35. The van der Waals surface area contributed by atoms with Crippen LogP contribution in [-0.2, 0) is 0 Å². The molecule has 0 saturated heterocycles. The minimum atomic E-state index is -0.909. The first-order valence-electron chi connectivity index (χ1n) is 2.31. The van der Waals surface area contributed by atoms with Gasteiger partial charge in [-0.2, -0.15) is 5.26 Å². The molecular weight excluding hydrogens is 136 g/mol. The number of amides is 4. The Balaban J connectivity index is 3.98. The van der Waals surface area contributed by atoms with Gasteiger partial charge in [0.1, 0.15) is 0 Å². The van der Waals surface area contributed by atoms with Gasteiger partial charge >= 0.3 is 12.1 Å². The van der Waals surface area contributed by atoms with Crippen molar-refractivity contribution in [2.75, 3.05) is 7.05 Å². The summed E-state index contributed by atoms with van der Waals surface area (Å²) in [5.41, 5.74) is 4.68. The van der Waals surface area contributed by atoms with Crippen molar-refractivity contribution < 1.29 is 9.59 Å². The highest BCUT2D eigenvalue weighted by atomic mass is 16.2. The van der Waals surface area contributed by atoms with Gasteiger partial charge in [-0.3, -0.25) is 0 Å². The molecule has 4 amide bonds. The van der Waals surface area contributed by atoms with E-state index in [4.69, 9.17) is 5.26 Å². The van der Waals surface area contributed by atoms with E-state index in [1.807, 2.05) is 0 Å². The topological polar surface area (TPSA) is 99.2 Å². The van der Waals surface area contributed by atoms with E-state index < -0.39 is 12.1 Å². The Morgan fingerprint density at radius 1 is 1.70 bits per heavy atom. The fourth-order valence-corrected chi connectivity index (χ4v) is 0.232. The van der Waals surface area contributed by atoms with Crippen molar-refractivity contribution in [2.24, 2.45) is 5.73 Å². The summed E-state index contributed by atoms with van der Waals surface area (Å²) in [5, 5.41) is 9.62. The number of imide groups is 1. The molecule has 0 atom stereocenters. The van der Waals surface area contributed by atoms with Crippen LogP contribution in [0.1, 0.15) is 0 Å². The average Bonchev–Trinajstić information content (AvgIpc) is 1.87. The molecule has 6 nitrogen and oxygen atoms in total. The van der Waals surface area contributed by atoms with E-state index >= 15 is 0 Å². The van der Waals surface area contributed by atoms with Crippen molar-refractivity contribution in [1.82, 2.24) is 10.2 Å². The summed E-state index contributed by atoms with van der Waals surface area (Å²) in [5.74, 6) is 0. The SMILES string of the molecule is CN(C(N)=O)C(=O)NC#N. The average molecular weight is 142 g/mol. The van der Waals surface area contributed by atoms with E-state index in [2.05, 4.69) is 5.73 Å². The van der Waals surface area contributed by atoms with Gasteiger partial charge in [0.15, 0.2) is 6.19 Å². The van der Waals surface area contributed by atoms with Crippen LogP contribution in [0.25, 0.3) is 0 Å². The lowest BCUT2D eigenvalue weighted by molar-refractivity contribution is 0.202. The van der Waals surface area contributed by atoms with Crippen LogP contribution >= 0.6 is 0 Å². The van der Waals surface area contributed by atoms with E-state index in [9.17, 15) is 9.59 Å². The molecule has 0 aromatic rings. The number of hydrogen-bond donors (Lipinski definition) is 2. The third kappa shape index (κ3) is 2.00. The maximum atomic E-state index is 10.5. The van der Waals surface area contributed by atoms with Crippen LogP contribution in [0.4, 0.5) is 9.59 Å². The standard InChI is InChI=1S/C4H6N4O2/c1-8(3(6)9)4(10)7-2-5/h1H3,(H2,6,9)(H,7,10). The molecule has 0 aliphatic heterocycles. The number of carbonyl (C=O) groups excluding carboxylic acids is 2. The number of nitrogens with zero attached hydrogens (tertiary/aromatic N) is 2. The predicted octanol–water partition coefficient (Wildman–Crippen LogP) is -0.812. The number of nitrogens with two attached hydrogens (primary N) is 1. The fraction of sp³-hybridized carbons (Fsp3) is 0.250. The lowest BCUT2D eigenvalue weighted by Gasteiger charge is -2.08. The largest absolute Gasteiger partial charge is 0.351 e. The molecule has 0 saturated carbocycles. The van der Waals surface area contributed by atoms with E-state index in [1.54, 1.807) is 5.32 Å². The van der Waals surface area contributed by atoms with Crippen LogP contribution in [0.15, 0.2) is 0 Å². The number of nitrogens with one attached hydrogen (secondary N) is 1. The Kier molecular flexibility index (Phi) is 2.71. The molecule has 0 bridgehead atoms. The summed E-state index contributed by atoms with van der Waals surface area (Å²) in [7, 11) is 1.16. The summed E-state index contributed by atoms with van der Waals surface area (Å²) in [6, 6.07) is -1.75. The van der Waals surface area contributed by atoms with Crippen molar-refractivity contribution >= 4 is 12.1 Å². The Hall–Kier alpha value is -1.77. The van der Waals surface area contributed by atoms with Crippen LogP contribution in [-0.4, -0.2) is 24.0 Å². The van der Waals surface area contributed by atoms with E-state index in [1.165, 1.54) is 6.19 Å². The molecule has 0 aliphatic rings. The molecule has 0 aromatic carbocycles. The minimum absolute atomic E-state index is 0.587. The molecular formula is C4H6N4O2. The van der Waals surface area contributed by atoms with E-state index in [0.29, 0.717) is 4.90 Å². The molecule has 54 valence electrons. The number of nitriles is 1. The molecule has 0 aliphatic carbocycles. The highest BCUT2D eigenvalue weighted by Gasteiger charge is 2.11. The number of carbonyl (C=O) groups is 2. The Morgan fingerprint density at radius 3 is 2.50 bits per heavy atom. The number of hydrogen-bond acceptors (Lipinski definition) is 3. The van der Waals surface area contributed by atoms with E-state index in [0.717, 1.165) is 7.05 Å². The lowest BCUT2D eigenvalue weighted by Crippen LogP contribution is -2.42. The fourth-order valence-electron chi connectivity index (χ4n) is 0.232. The van der Waals surface area contributed by atoms with Gasteiger partial charge in [0.05, 0.1) is 0 Å². The number of primary amides is 1. The predicted molar refractivity (Wildman–Crippen MR) is 31.5 cm³/mol. The van der Waals surface area contributed by atoms with Gasteiger partial charge < -0.3 is 5.73 Å². The maximum Gasteiger partial charge on any atom is 0.338 e. The first-order valence-corrected chi connectivity index (χ1v) is 2.31. The van der Waals surface area contributed by atoms with Crippen LogP contribution in [0, 0.1) is 11.5 Å². The Bertz CT molecular complexity index is 194. The highest BCUT2D eigenvalue weighted by Crippen LogP contribution is 1.80. The second kappa shape index (κ2) is 3.29. The molecule has 6 heteroatoms. The molecule has 0 heterocycles. The van der Waals surface area contributed by atoms with Gasteiger partial charge in [-0.15, -0.1) is 0 Å². The monoisotopic (exact) mass is 142 g/mol. The first kappa shape index (κ1) is 8.23. The Morgan fingerprint density at radius 2 is 2.20 bits per heavy atom. The molecule has 0 unspecified atom stereocenters. The smallest absolute Gasteiger partial charge is 0.338 e. The molecule has 3 N–H and O–H groups in total.